The van der Waals surface area contributed by atoms with E-state index in [9.17, 15) is 14.7 Å². The first-order valence-electron chi connectivity index (χ1n) is 9.74. The van der Waals surface area contributed by atoms with Gasteiger partial charge in [-0.2, -0.15) is 0 Å². The van der Waals surface area contributed by atoms with E-state index in [2.05, 4.69) is 23.5 Å². The maximum Gasteiger partial charge on any atom is 0.303 e. The van der Waals surface area contributed by atoms with E-state index >= 15 is 0 Å². The summed E-state index contributed by atoms with van der Waals surface area (Å²) < 4.78 is 0. The summed E-state index contributed by atoms with van der Waals surface area (Å²) in [6, 6.07) is 7.07. The zero-order valence-corrected chi connectivity index (χ0v) is 16.4. The molecule has 0 saturated heterocycles. The average Bonchev–Trinajstić information content (AvgIpc) is 3.27. The number of carbonyl (C=O) groups excluding carboxylic acids is 1. The molecule has 0 aliphatic heterocycles. The van der Waals surface area contributed by atoms with Crippen LogP contribution in [0.3, 0.4) is 0 Å². The molecule has 2 aliphatic rings. The molecule has 0 aromatic heterocycles. The van der Waals surface area contributed by atoms with E-state index in [0.29, 0.717) is 29.3 Å². The first-order chi connectivity index (χ1) is 13.5. The Morgan fingerprint density at radius 2 is 2.00 bits per heavy atom. The summed E-state index contributed by atoms with van der Waals surface area (Å²) in [6.07, 6.45) is 9.95. The Balaban J connectivity index is 1.56. The first kappa shape index (κ1) is 20.6. The second kappa shape index (κ2) is 9.39. The van der Waals surface area contributed by atoms with Crippen molar-refractivity contribution in [2.45, 2.75) is 31.8 Å². The molecule has 1 fully saturated rings. The lowest BCUT2D eigenvalue weighted by atomic mass is 9.82. The zero-order chi connectivity index (χ0) is 20.1. The summed E-state index contributed by atoms with van der Waals surface area (Å²) in [7, 11) is 0. The van der Waals surface area contributed by atoms with Gasteiger partial charge in [0.2, 0.25) is 5.91 Å². The average molecular weight is 404 g/mol. The van der Waals surface area contributed by atoms with Gasteiger partial charge >= 0.3 is 5.97 Å². The van der Waals surface area contributed by atoms with Crippen molar-refractivity contribution >= 4 is 23.5 Å². The molecule has 1 aromatic carbocycles. The minimum Gasteiger partial charge on any atom is -0.481 e. The van der Waals surface area contributed by atoms with Crippen LogP contribution >= 0.6 is 11.6 Å². The number of hydrogen-bond donors (Lipinski definition) is 3. The Kier molecular flexibility index (Phi) is 6.92. The minimum atomic E-state index is -0.850. The van der Waals surface area contributed by atoms with Gasteiger partial charge < -0.3 is 15.5 Å². The molecule has 28 heavy (non-hydrogen) atoms. The molecule has 5 nitrogen and oxygen atoms in total. The number of unbranched alkanes of at least 4 members (excludes halogenated alkanes) is 1. The van der Waals surface area contributed by atoms with Crippen LogP contribution in [-0.2, 0) is 9.59 Å². The molecular weight excluding hydrogens is 378 g/mol. The quantitative estimate of drug-likeness (QED) is 0.433. The summed E-state index contributed by atoms with van der Waals surface area (Å²) in [5.74, 6) is -0.295. The third-order valence-electron chi connectivity index (χ3n) is 5.68. The monoisotopic (exact) mass is 403 g/mol. The van der Waals surface area contributed by atoms with Gasteiger partial charge in [0, 0.05) is 23.6 Å². The van der Waals surface area contributed by atoms with Crippen LogP contribution in [0.1, 0.15) is 37.4 Å². The molecule has 5 unspecified atom stereocenters. The van der Waals surface area contributed by atoms with Crippen LogP contribution in [0.5, 0.6) is 0 Å². The Morgan fingerprint density at radius 3 is 2.75 bits per heavy atom. The van der Waals surface area contributed by atoms with Gasteiger partial charge in [0.25, 0.3) is 0 Å². The van der Waals surface area contributed by atoms with Crippen LogP contribution in [0.4, 0.5) is 0 Å². The summed E-state index contributed by atoms with van der Waals surface area (Å²) in [5, 5.41) is 22.4. The lowest BCUT2D eigenvalue weighted by Gasteiger charge is -2.25. The maximum atomic E-state index is 12.8. The normalized spacial score (nSPS) is 26.6. The Bertz CT molecular complexity index is 776. The number of benzene rings is 1. The first-order valence-corrected chi connectivity index (χ1v) is 10.1. The highest BCUT2D eigenvalue weighted by Gasteiger charge is 2.46. The van der Waals surface area contributed by atoms with Crippen LogP contribution in [0, 0.1) is 23.7 Å². The molecule has 5 atom stereocenters. The highest BCUT2D eigenvalue weighted by atomic mass is 35.5. The lowest BCUT2D eigenvalue weighted by Crippen LogP contribution is -2.38. The molecule has 2 bridgehead atoms. The molecule has 0 spiro atoms. The summed E-state index contributed by atoms with van der Waals surface area (Å²) >= 11 is 6.11. The number of nitrogens with one attached hydrogen (secondary N) is 1. The van der Waals surface area contributed by atoms with E-state index in [1.165, 1.54) is 0 Å². The van der Waals surface area contributed by atoms with Crippen LogP contribution in [-0.4, -0.2) is 28.6 Å². The Hall–Kier alpha value is -2.11. The van der Waals surface area contributed by atoms with Crippen molar-refractivity contribution < 1.29 is 19.8 Å². The van der Waals surface area contributed by atoms with Gasteiger partial charge in [-0.25, -0.2) is 0 Å². The molecule has 1 saturated carbocycles. The number of amides is 1. The van der Waals surface area contributed by atoms with E-state index in [1.807, 2.05) is 6.08 Å². The fraction of sp³-hybridized carbons (Fsp3) is 0.455. The Morgan fingerprint density at radius 1 is 1.25 bits per heavy atom. The minimum absolute atomic E-state index is 0.0526. The van der Waals surface area contributed by atoms with Crippen molar-refractivity contribution in [2.24, 2.45) is 23.7 Å². The van der Waals surface area contributed by atoms with E-state index in [-0.39, 0.29) is 36.6 Å². The van der Waals surface area contributed by atoms with E-state index in [0.717, 1.165) is 6.42 Å². The van der Waals surface area contributed by atoms with Gasteiger partial charge in [-0.05, 0) is 43.1 Å². The molecule has 2 aliphatic carbocycles. The van der Waals surface area contributed by atoms with Crippen LogP contribution in [0.2, 0.25) is 5.02 Å². The van der Waals surface area contributed by atoms with Gasteiger partial charge in [-0.1, -0.05) is 54.1 Å². The number of halogens is 1. The lowest BCUT2D eigenvalue weighted by molar-refractivity contribution is -0.137. The number of allylic oxidation sites excluding steroid dienone is 4. The van der Waals surface area contributed by atoms with Gasteiger partial charge in [0.1, 0.15) is 0 Å². The molecular formula is C22H26ClNO4. The van der Waals surface area contributed by atoms with Crippen molar-refractivity contribution in [3.63, 3.8) is 0 Å². The number of fused-ring (bicyclic) bond motifs is 2. The zero-order valence-electron chi connectivity index (χ0n) is 15.6. The SMILES string of the molecule is O=C(O)CCCC=CC1C2C=CC(C2)C1C(=O)NCC(O)c1ccccc1Cl. The predicted octanol–water partition coefficient (Wildman–Crippen LogP) is 3.74. The molecule has 6 heteroatoms. The van der Waals surface area contributed by atoms with E-state index in [1.54, 1.807) is 24.3 Å². The number of carboxylic acids is 1. The molecule has 1 aromatic rings. The van der Waals surface area contributed by atoms with Crippen molar-refractivity contribution in [3.8, 4) is 0 Å². The highest BCUT2D eigenvalue weighted by Crippen LogP contribution is 2.48. The molecule has 3 rings (SSSR count). The molecule has 150 valence electrons. The number of aliphatic carboxylic acids is 1. The summed E-state index contributed by atoms with van der Waals surface area (Å²) in [6.45, 7) is 0.120. The maximum absolute atomic E-state index is 12.8. The topological polar surface area (TPSA) is 86.6 Å². The number of carbonyl (C=O) groups is 2. The fourth-order valence-electron chi connectivity index (χ4n) is 4.29. The van der Waals surface area contributed by atoms with Crippen LogP contribution < -0.4 is 5.32 Å². The molecule has 1 amide bonds. The van der Waals surface area contributed by atoms with Crippen molar-refractivity contribution in [1.29, 1.82) is 0 Å². The van der Waals surface area contributed by atoms with Gasteiger partial charge in [-0.3, -0.25) is 9.59 Å². The van der Waals surface area contributed by atoms with Gasteiger partial charge in [0.15, 0.2) is 0 Å². The molecule has 0 heterocycles. The van der Waals surface area contributed by atoms with Gasteiger partial charge in [-0.15, -0.1) is 0 Å². The standard InChI is InChI=1S/C22H26ClNO4/c23-18-8-5-4-7-17(18)19(25)13-24-22(28)21-15-11-10-14(12-15)16(21)6-2-1-3-9-20(26)27/h2,4-8,10-11,14-16,19,21,25H,1,3,9,12-13H2,(H,24,28)(H,26,27). The number of carboxylic acid groups (broad SMARTS) is 1. The predicted molar refractivity (Wildman–Crippen MR) is 108 cm³/mol. The third kappa shape index (κ3) is 4.83. The van der Waals surface area contributed by atoms with Crippen LogP contribution in [0.25, 0.3) is 0 Å². The summed E-state index contributed by atoms with van der Waals surface area (Å²) in [4.78, 5) is 23.4. The van der Waals surface area contributed by atoms with Crippen molar-refractivity contribution in [3.05, 3.63) is 59.2 Å². The van der Waals surface area contributed by atoms with E-state index < -0.39 is 12.1 Å². The smallest absolute Gasteiger partial charge is 0.303 e. The number of aliphatic hydroxyl groups excluding tert-OH is 1. The van der Waals surface area contributed by atoms with Crippen molar-refractivity contribution in [1.82, 2.24) is 5.32 Å². The largest absolute Gasteiger partial charge is 0.481 e. The molecule has 0 radical (unpaired) electrons. The second-order valence-corrected chi connectivity index (χ2v) is 7.96. The second-order valence-electron chi connectivity index (χ2n) is 7.55. The third-order valence-corrected chi connectivity index (χ3v) is 6.02. The van der Waals surface area contributed by atoms with Crippen molar-refractivity contribution in [2.75, 3.05) is 6.54 Å². The Labute approximate surface area is 170 Å². The number of hydrogen-bond acceptors (Lipinski definition) is 3. The molecule has 3 N–H and O–H groups in total. The highest BCUT2D eigenvalue weighted by molar-refractivity contribution is 6.31. The number of aliphatic hydroxyl groups is 1. The van der Waals surface area contributed by atoms with Gasteiger partial charge in [0.05, 0.1) is 12.0 Å². The fourth-order valence-corrected chi connectivity index (χ4v) is 4.55. The number of rotatable bonds is 9. The van der Waals surface area contributed by atoms with Crippen LogP contribution in [0.15, 0.2) is 48.6 Å². The van der Waals surface area contributed by atoms with E-state index in [4.69, 9.17) is 16.7 Å². The summed E-state index contributed by atoms with van der Waals surface area (Å²) in [5.41, 5.74) is 0.604.